The number of hydrogen-bond donors (Lipinski definition) is 1. The highest BCUT2D eigenvalue weighted by atomic mass is 35.5. The van der Waals surface area contributed by atoms with Crippen molar-refractivity contribution in [3.63, 3.8) is 0 Å². The minimum atomic E-state index is -4.33. The van der Waals surface area contributed by atoms with Gasteiger partial charge >= 0.3 is 0 Å². The number of rotatable bonds is 11. The molecule has 0 fully saturated rings. The second-order valence-electron chi connectivity index (χ2n) is 12.0. The average Bonchev–Trinajstić information content (AvgIpc) is 2.99. The number of halogens is 3. The van der Waals surface area contributed by atoms with Crippen LogP contribution in [0.2, 0.25) is 10.0 Å². The number of anilines is 1. The van der Waals surface area contributed by atoms with Gasteiger partial charge in [0.1, 0.15) is 18.4 Å². The average molecular weight is 685 g/mol. The van der Waals surface area contributed by atoms with Crippen molar-refractivity contribution >= 4 is 50.7 Å². The molecule has 0 aromatic heterocycles. The van der Waals surface area contributed by atoms with E-state index in [0.717, 1.165) is 15.4 Å². The van der Waals surface area contributed by atoms with Gasteiger partial charge in [0.2, 0.25) is 11.8 Å². The van der Waals surface area contributed by atoms with Crippen molar-refractivity contribution in [2.45, 2.75) is 57.1 Å². The molecule has 0 heterocycles. The van der Waals surface area contributed by atoms with E-state index in [1.807, 2.05) is 58.0 Å². The van der Waals surface area contributed by atoms with E-state index in [1.54, 1.807) is 18.2 Å². The summed E-state index contributed by atoms with van der Waals surface area (Å²) in [5, 5.41) is 3.23. The molecule has 4 rings (SSSR count). The highest BCUT2D eigenvalue weighted by molar-refractivity contribution is 7.92. The second-order valence-corrected chi connectivity index (χ2v) is 14.7. The van der Waals surface area contributed by atoms with Crippen LogP contribution in [0.3, 0.4) is 0 Å². The predicted molar refractivity (Wildman–Crippen MR) is 181 cm³/mol. The van der Waals surface area contributed by atoms with Crippen LogP contribution in [0, 0.1) is 12.7 Å². The summed E-state index contributed by atoms with van der Waals surface area (Å²) in [6, 6.07) is 24.4. The summed E-state index contributed by atoms with van der Waals surface area (Å²) in [6.45, 7) is 6.26. The minimum absolute atomic E-state index is 0.0519. The Morgan fingerprint density at radius 3 is 2.11 bits per heavy atom. The molecule has 11 heteroatoms. The maximum atomic E-state index is 15.1. The summed E-state index contributed by atoms with van der Waals surface area (Å²) < 4.78 is 44.3. The maximum Gasteiger partial charge on any atom is 0.264 e. The van der Waals surface area contributed by atoms with Gasteiger partial charge in [-0.3, -0.25) is 13.9 Å². The smallest absolute Gasteiger partial charge is 0.264 e. The molecule has 0 aliphatic heterocycles. The molecule has 2 amide bonds. The van der Waals surface area contributed by atoms with E-state index in [-0.39, 0.29) is 39.2 Å². The third kappa shape index (κ3) is 8.87. The van der Waals surface area contributed by atoms with Gasteiger partial charge in [0.05, 0.1) is 20.6 Å². The van der Waals surface area contributed by atoms with Crippen LogP contribution >= 0.6 is 23.2 Å². The number of carbonyl (C=O) groups is 2. The van der Waals surface area contributed by atoms with Crippen LogP contribution < -0.4 is 9.62 Å². The Balaban J connectivity index is 1.84. The van der Waals surface area contributed by atoms with Crippen molar-refractivity contribution < 1.29 is 22.4 Å². The first-order chi connectivity index (χ1) is 21.7. The monoisotopic (exact) mass is 683 g/mol. The first kappa shape index (κ1) is 34.9. The lowest BCUT2D eigenvalue weighted by molar-refractivity contribution is -0.140. The van der Waals surface area contributed by atoms with Crippen molar-refractivity contribution in [2.24, 2.45) is 0 Å². The summed E-state index contributed by atoms with van der Waals surface area (Å²) in [5.41, 5.74) is 1.21. The molecular weight excluding hydrogens is 648 g/mol. The van der Waals surface area contributed by atoms with Crippen molar-refractivity contribution in [3.05, 3.63) is 130 Å². The molecule has 0 saturated carbocycles. The normalized spacial score (nSPS) is 12.3. The Morgan fingerprint density at radius 2 is 1.50 bits per heavy atom. The van der Waals surface area contributed by atoms with Crippen LogP contribution in [-0.2, 0) is 32.6 Å². The van der Waals surface area contributed by atoms with Crippen molar-refractivity contribution in [1.82, 2.24) is 10.2 Å². The third-order valence-electron chi connectivity index (χ3n) is 7.15. The van der Waals surface area contributed by atoms with Gasteiger partial charge in [0, 0.05) is 24.1 Å². The second kappa shape index (κ2) is 14.7. The highest BCUT2D eigenvalue weighted by Gasteiger charge is 2.36. The molecular formula is C35H36Cl2FN3O4S. The van der Waals surface area contributed by atoms with Crippen LogP contribution in [0.15, 0.2) is 102 Å². The molecule has 1 unspecified atom stereocenters. The highest BCUT2D eigenvalue weighted by Crippen LogP contribution is 2.31. The summed E-state index contributed by atoms with van der Waals surface area (Å²) in [4.78, 5) is 29.6. The van der Waals surface area contributed by atoms with Gasteiger partial charge < -0.3 is 10.2 Å². The van der Waals surface area contributed by atoms with E-state index in [0.29, 0.717) is 0 Å². The van der Waals surface area contributed by atoms with Gasteiger partial charge in [-0.2, -0.15) is 0 Å². The van der Waals surface area contributed by atoms with E-state index in [2.05, 4.69) is 5.32 Å². The molecule has 0 spiro atoms. The Labute approximate surface area is 280 Å². The summed E-state index contributed by atoms with van der Waals surface area (Å²) in [5.74, 6) is -1.76. The lowest BCUT2D eigenvalue weighted by Crippen LogP contribution is -2.56. The van der Waals surface area contributed by atoms with Crippen LogP contribution in [0.1, 0.15) is 37.5 Å². The Kier molecular flexibility index (Phi) is 11.1. The largest absolute Gasteiger partial charge is 0.350 e. The van der Waals surface area contributed by atoms with Gasteiger partial charge in [-0.15, -0.1) is 0 Å². The van der Waals surface area contributed by atoms with Gasteiger partial charge in [0.25, 0.3) is 10.0 Å². The van der Waals surface area contributed by atoms with Gasteiger partial charge in [-0.25, -0.2) is 12.8 Å². The zero-order valence-corrected chi connectivity index (χ0v) is 28.3. The minimum Gasteiger partial charge on any atom is -0.350 e. The molecule has 1 N–H and O–H groups in total. The summed E-state index contributed by atoms with van der Waals surface area (Å²) in [7, 11) is -4.33. The lowest BCUT2D eigenvalue weighted by atomic mass is 10.0. The Morgan fingerprint density at radius 1 is 0.870 bits per heavy atom. The fraction of sp³-hybridized carbons (Fsp3) is 0.257. The fourth-order valence-corrected chi connectivity index (χ4v) is 6.52. The summed E-state index contributed by atoms with van der Waals surface area (Å²) >= 11 is 12.4. The molecule has 0 radical (unpaired) electrons. The number of aryl methyl sites for hydroxylation is 1. The number of hydrogen-bond acceptors (Lipinski definition) is 4. The Hall–Kier alpha value is -3.92. The molecule has 0 aliphatic carbocycles. The third-order valence-corrected chi connectivity index (χ3v) is 9.67. The zero-order valence-electron chi connectivity index (χ0n) is 26.0. The van der Waals surface area contributed by atoms with Crippen molar-refractivity contribution in [3.8, 4) is 0 Å². The molecule has 7 nitrogen and oxygen atoms in total. The number of nitrogens with zero attached hydrogens (tertiary/aromatic N) is 2. The fourth-order valence-electron chi connectivity index (χ4n) is 4.82. The molecule has 242 valence electrons. The van der Waals surface area contributed by atoms with Crippen molar-refractivity contribution in [2.75, 3.05) is 10.8 Å². The quantitative estimate of drug-likeness (QED) is 0.181. The van der Waals surface area contributed by atoms with Crippen LogP contribution in [-0.4, -0.2) is 43.3 Å². The van der Waals surface area contributed by atoms with E-state index in [1.165, 1.54) is 53.4 Å². The van der Waals surface area contributed by atoms with Crippen LogP contribution in [0.4, 0.5) is 10.1 Å². The van der Waals surface area contributed by atoms with Crippen LogP contribution in [0.5, 0.6) is 0 Å². The van der Waals surface area contributed by atoms with Gasteiger partial charge in [-0.05, 0) is 69.7 Å². The SMILES string of the molecule is Cc1ccc(S(=O)(=O)N(CC(=O)N(Cc2ccccc2F)C(Cc2ccccc2)C(=O)NC(C)(C)C)c2ccc(Cl)c(Cl)c2)cc1. The first-order valence-corrected chi connectivity index (χ1v) is 16.8. The molecule has 4 aromatic rings. The van der Waals surface area contributed by atoms with E-state index in [4.69, 9.17) is 23.2 Å². The zero-order chi connectivity index (χ0) is 33.6. The molecule has 1 atom stereocenters. The van der Waals surface area contributed by atoms with E-state index >= 15 is 4.39 Å². The predicted octanol–water partition coefficient (Wildman–Crippen LogP) is 7.19. The van der Waals surface area contributed by atoms with E-state index < -0.39 is 45.8 Å². The number of amides is 2. The molecule has 0 aliphatic rings. The maximum absolute atomic E-state index is 15.1. The number of nitrogens with one attached hydrogen (secondary N) is 1. The summed E-state index contributed by atoms with van der Waals surface area (Å²) in [6.07, 6.45) is 0.0976. The number of carbonyl (C=O) groups excluding carboxylic acids is 2. The first-order valence-electron chi connectivity index (χ1n) is 14.6. The van der Waals surface area contributed by atoms with Crippen LogP contribution in [0.25, 0.3) is 0 Å². The standard InChI is InChI=1S/C35H36Cl2FN3O4S/c1-24-14-17-28(18-15-24)46(44,45)41(27-16-19-29(36)30(37)21-27)23-33(42)40(22-26-12-8-9-13-31(26)38)32(34(43)39-35(2,3)4)20-25-10-6-5-7-11-25/h5-19,21,32H,20,22-23H2,1-4H3,(H,39,43). The Bertz CT molecular complexity index is 1800. The molecule has 0 bridgehead atoms. The van der Waals surface area contributed by atoms with Gasteiger partial charge in [0.15, 0.2) is 0 Å². The molecule has 46 heavy (non-hydrogen) atoms. The number of sulfonamides is 1. The molecule has 4 aromatic carbocycles. The van der Waals surface area contributed by atoms with E-state index in [9.17, 15) is 18.0 Å². The van der Waals surface area contributed by atoms with Crippen molar-refractivity contribution in [1.29, 1.82) is 0 Å². The number of benzene rings is 4. The lowest BCUT2D eigenvalue weighted by Gasteiger charge is -2.35. The van der Waals surface area contributed by atoms with Gasteiger partial charge in [-0.1, -0.05) is 89.4 Å². The molecule has 0 saturated heterocycles. The topological polar surface area (TPSA) is 86.8 Å².